The van der Waals surface area contributed by atoms with Gasteiger partial charge in [0.2, 0.25) is 0 Å². The summed E-state index contributed by atoms with van der Waals surface area (Å²) in [6.07, 6.45) is 0. The van der Waals surface area contributed by atoms with Gasteiger partial charge in [-0.25, -0.2) is 0 Å². The first-order valence-electron chi connectivity index (χ1n) is 9.88. The van der Waals surface area contributed by atoms with Gasteiger partial charge in [0.05, 0.1) is 0 Å². The maximum atomic E-state index is 2.20. The molecule has 152 valence electrons. The zero-order valence-electron chi connectivity index (χ0n) is 17.0. The van der Waals surface area contributed by atoms with E-state index in [1.54, 1.807) is 24.2 Å². The van der Waals surface area contributed by atoms with Gasteiger partial charge in [0.1, 0.15) is 0 Å². The van der Waals surface area contributed by atoms with E-state index >= 15 is 0 Å². The smallest absolute Gasteiger partial charge is 0.0579 e. The second-order valence-electron chi connectivity index (χ2n) is 7.66. The summed E-state index contributed by atoms with van der Waals surface area (Å²) in [7, 11) is 0. The molecule has 0 saturated carbocycles. The molecular weight excluding hydrogens is 507 g/mol. The van der Waals surface area contributed by atoms with Gasteiger partial charge in [-0.05, 0) is 0 Å². The van der Waals surface area contributed by atoms with Crippen molar-refractivity contribution in [1.29, 1.82) is 0 Å². The van der Waals surface area contributed by atoms with Crippen LogP contribution >= 0.6 is 0 Å². The molecule has 0 saturated heterocycles. The number of halogens is 2. The predicted octanol–water partition coefficient (Wildman–Crippen LogP) is 0.821. The van der Waals surface area contributed by atoms with Crippen LogP contribution in [0.25, 0.3) is 21.5 Å². The van der Waals surface area contributed by atoms with Gasteiger partial charge in [0, 0.05) is 0 Å². The second kappa shape index (κ2) is 11.8. The molecule has 0 aromatic heterocycles. The number of hydrogen-bond donors (Lipinski definition) is 0. The Morgan fingerprint density at radius 3 is 1.34 bits per heavy atom. The SMILES string of the molecule is C1C[Si]2=[Zr]=[Si]1CC2.Cc1cc2ccccc2[cH-]1.Cc1cc2ccccc2[cH-]1.[Cl-].[Cl-]. The molecule has 0 N–H and O–H groups in total. The van der Waals surface area contributed by atoms with Crippen molar-refractivity contribution in [3.05, 3.63) is 83.9 Å². The van der Waals surface area contributed by atoms with E-state index < -0.39 is 0 Å². The molecule has 2 aliphatic rings. The van der Waals surface area contributed by atoms with Crippen LogP contribution in [-0.4, -0.2) is 10.9 Å². The van der Waals surface area contributed by atoms with Crippen LogP contribution in [0.1, 0.15) is 11.1 Å². The van der Waals surface area contributed by atoms with Gasteiger partial charge in [-0.2, -0.15) is 12.1 Å². The molecule has 4 aromatic rings. The van der Waals surface area contributed by atoms with Crippen molar-refractivity contribution in [3.63, 3.8) is 0 Å². The number of hydrogen-bond acceptors (Lipinski definition) is 0. The zero-order chi connectivity index (χ0) is 18.6. The van der Waals surface area contributed by atoms with Crippen molar-refractivity contribution in [2.75, 3.05) is 0 Å². The quantitative estimate of drug-likeness (QED) is 0.233. The molecule has 0 fully saturated rings. The van der Waals surface area contributed by atoms with Crippen molar-refractivity contribution in [2.24, 2.45) is 0 Å². The Labute approximate surface area is 198 Å². The third-order valence-electron chi connectivity index (χ3n) is 5.34. The van der Waals surface area contributed by atoms with Crippen molar-refractivity contribution in [1.82, 2.24) is 0 Å². The van der Waals surface area contributed by atoms with Crippen LogP contribution in [0.4, 0.5) is 0 Å². The Balaban J connectivity index is 0.000000152. The Bertz CT molecular complexity index is 984. The summed E-state index contributed by atoms with van der Waals surface area (Å²) in [5.74, 6) is 0. The molecule has 6 rings (SSSR count). The van der Waals surface area contributed by atoms with Crippen molar-refractivity contribution >= 4 is 32.4 Å². The average molecular weight is 533 g/mol. The van der Waals surface area contributed by atoms with Crippen LogP contribution in [0, 0.1) is 13.8 Å². The average Bonchev–Trinajstić information content (AvgIpc) is 3.45. The molecule has 2 heterocycles. The third-order valence-corrected chi connectivity index (χ3v) is 35.6. The Kier molecular flexibility index (Phi) is 10.1. The number of rotatable bonds is 0. The van der Waals surface area contributed by atoms with E-state index in [0.717, 1.165) is 0 Å². The van der Waals surface area contributed by atoms with E-state index in [9.17, 15) is 0 Å². The van der Waals surface area contributed by atoms with Gasteiger partial charge in [-0.15, -0.1) is 81.2 Å². The summed E-state index contributed by atoms with van der Waals surface area (Å²) in [4.78, 5) is 0. The maximum absolute atomic E-state index is 2.20. The van der Waals surface area contributed by atoms with Crippen LogP contribution in [0.3, 0.4) is 0 Å². The minimum atomic E-state index is 0. The number of benzene rings is 2. The molecule has 0 spiro atoms. The fraction of sp³-hybridized carbons (Fsp3) is 0.250. The Morgan fingerprint density at radius 1 is 0.655 bits per heavy atom. The molecular formula is C24H26Cl2Si2Zr-4. The monoisotopic (exact) mass is 530 g/mol. The van der Waals surface area contributed by atoms with E-state index in [2.05, 4.69) is 86.6 Å². The van der Waals surface area contributed by atoms with E-state index in [1.807, 2.05) is 0 Å². The first-order valence-corrected chi connectivity index (χ1v) is 21.1. The number of aryl methyl sites for hydroxylation is 2. The van der Waals surface area contributed by atoms with Crippen LogP contribution in [0.5, 0.6) is 0 Å². The molecule has 2 aliphatic heterocycles. The molecule has 0 nitrogen and oxygen atoms in total. The van der Waals surface area contributed by atoms with E-state index in [1.165, 1.54) is 32.7 Å². The molecule has 0 atom stereocenters. The third kappa shape index (κ3) is 6.77. The fourth-order valence-corrected chi connectivity index (χ4v) is 46.5. The Morgan fingerprint density at radius 2 is 1.03 bits per heavy atom. The molecule has 0 amide bonds. The van der Waals surface area contributed by atoms with Crippen LogP contribution in [0.15, 0.2) is 72.8 Å². The van der Waals surface area contributed by atoms with Crippen molar-refractivity contribution in [2.45, 2.75) is 38.0 Å². The van der Waals surface area contributed by atoms with Crippen LogP contribution in [-0.2, 0) is 20.5 Å². The number of fused-ring (bicyclic) bond motifs is 2. The van der Waals surface area contributed by atoms with Gasteiger partial charge in [-0.1, -0.05) is 26.0 Å². The maximum Gasteiger partial charge on any atom is -0.0579 e. The first kappa shape index (κ1) is 24.8. The largest absolute Gasteiger partial charge is 1.00 e. The van der Waals surface area contributed by atoms with Gasteiger partial charge < -0.3 is 24.8 Å². The second-order valence-corrected chi connectivity index (χ2v) is 29.0. The predicted molar refractivity (Wildman–Crippen MR) is 119 cm³/mol. The van der Waals surface area contributed by atoms with Gasteiger partial charge in [0.15, 0.2) is 0 Å². The fourth-order valence-electron chi connectivity index (χ4n) is 3.97. The Hall–Kier alpha value is -0.443. The van der Waals surface area contributed by atoms with Crippen molar-refractivity contribution < 1.29 is 45.3 Å². The molecule has 5 heteroatoms. The zero-order valence-corrected chi connectivity index (χ0v) is 23.0. The first-order chi connectivity index (χ1) is 13.2. The van der Waals surface area contributed by atoms with Crippen molar-refractivity contribution in [3.8, 4) is 0 Å². The topological polar surface area (TPSA) is 0 Å². The summed E-state index contributed by atoms with van der Waals surface area (Å²) >= 11 is 0.465. The molecule has 0 unspecified atom stereocenters. The van der Waals surface area contributed by atoms with Gasteiger partial charge in [0.25, 0.3) is 0 Å². The molecule has 4 aromatic carbocycles. The summed E-state index contributed by atoms with van der Waals surface area (Å²) in [5, 5.41) is 5.39. The normalized spacial score (nSPS) is 13.3. The summed E-state index contributed by atoms with van der Waals surface area (Å²) in [6, 6.07) is 32.8. The minimum Gasteiger partial charge on any atom is -1.00 e. The molecule has 0 aliphatic carbocycles. The van der Waals surface area contributed by atoms with Crippen LogP contribution < -0.4 is 24.8 Å². The van der Waals surface area contributed by atoms with Crippen LogP contribution in [0.2, 0.25) is 24.2 Å². The minimum absolute atomic E-state index is 0. The molecule has 0 radical (unpaired) electrons. The van der Waals surface area contributed by atoms with Gasteiger partial charge >= 0.3 is 55.5 Å². The van der Waals surface area contributed by atoms with E-state index in [-0.39, 0.29) is 24.8 Å². The molecule has 29 heavy (non-hydrogen) atoms. The standard InChI is InChI=1S/2C10H9.C4H8Si2.2ClH.Zr/c2*1-8-6-9-4-2-3-5-10(9)7-8;1-2-6-4-3-5-1;;;/h2*2-7H,1H3;1-4H2;2*1H;/q2*-1;;;;/p-2. The summed E-state index contributed by atoms with van der Waals surface area (Å²) < 4.78 is 0. The summed E-state index contributed by atoms with van der Waals surface area (Å²) in [6.45, 7) is 4.25. The molecule has 2 bridgehead atoms. The van der Waals surface area contributed by atoms with Gasteiger partial charge in [-0.3, -0.25) is 0 Å². The van der Waals surface area contributed by atoms with E-state index in [0.29, 0.717) is 31.3 Å². The van der Waals surface area contributed by atoms with E-state index in [4.69, 9.17) is 0 Å². The summed E-state index contributed by atoms with van der Waals surface area (Å²) in [5.41, 5.74) is 3.77.